The second-order valence-corrected chi connectivity index (χ2v) is 5.40. The van der Waals surface area contributed by atoms with Gasteiger partial charge in [-0.2, -0.15) is 0 Å². The van der Waals surface area contributed by atoms with Gasteiger partial charge < -0.3 is 39.7 Å². The standard InChI is InChI=1S/C16H20O9/c1-23-10-6-8(2-4-9(10)18)3-5-12(19)25-16-15(22)14(21)13(20)11(7-17)24-16/h2-6,11,13-18,20-22H,7H2,1H3/t11-,13-,14+,15-,16?/m1/s1. The van der Waals surface area contributed by atoms with Crippen molar-refractivity contribution in [2.45, 2.75) is 30.7 Å². The van der Waals surface area contributed by atoms with Crippen molar-refractivity contribution >= 4 is 12.0 Å². The van der Waals surface area contributed by atoms with Crippen LogP contribution in [0.4, 0.5) is 0 Å². The molecule has 0 bridgehead atoms. The number of carbonyl (C=O) groups is 1. The Labute approximate surface area is 143 Å². The van der Waals surface area contributed by atoms with Crippen molar-refractivity contribution in [3.8, 4) is 11.5 Å². The van der Waals surface area contributed by atoms with E-state index in [-0.39, 0.29) is 11.5 Å². The molecule has 0 aliphatic carbocycles. The first-order valence-electron chi connectivity index (χ1n) is 7.43. The minimum atomic E-state index is -1.66. The smallest absolute Gasteiger partial charge is 0.333 e. The molecule has 1 aliphatic rings. The number of phenols is 1. The summed E-state index contributed by atoms with van der Waals surface area (Å²) in [4.78, 5) is 11.8. The highest BCUT2D eigenvalue weighted by atomic mass is 16.7. The number of benzene rings is 1. The highest BCUT2D eigenvalue weighted by molar-refractivity contribution is 5.87. The van der Waals surface area contributed by atoms with E-state index in [4.69, 9.17) is 19.3 Å². The van der Waals surface area contributed by atoms with Crippen LogP contribution in [0, 0.1) is 0 Å². The number of methoxy groups -OCH3 is 1. The number of aliphatic hydroxyl groups excluding tert-OH is 4. The van der Waals surface area contributed by atoms with Gasteiger partial charge in [0.05, 0.1) is 13.7 Å². The first-order valence-corrected chi connectivity index (χ1v) is 7.43. The van der Waals surface area contributed by atoms with Gasteiger partial charge in [-0.15, -0.1) is 0 Å². The van der Waals surface area contributed by atoms with Gasteiger partial charge in [0.15, 0.2) is 11.5 Å². The molecule has 1 aliphatic heterocycles. The molecule has 5 N–H and O–H groups in total. The molecule has 0 amide bonds. The number of rotatable bonds is 5. The van der Waals surface area contributed by atoms with Gasteiger partial charge >= 0.3 is 5.97 Å². The Bertz CT molecular complexity index is 628. The maximum absolute atomic E-state index is 11.8. The van der Waals surface area contributed by atoms with Gasteiger partial charge in [0, 0.05) is 6.08 Å². The third kappa shape index (κ3) is 4.47. The van der Waals surface area contributed by atoms with E-state index in [1.165, 1.54) is 31.4 Å². The molecule has 0 aromatic heterocycles. The molecule has 1 aromatic carbocycles. The zero-order chi connectivity index (χ0) is 18.6. The Kier molecular flexibility index (Phi) is 6.34. The lowest BCUT2D eigenvalue weighted by Crippen LogP contribution is -2.59. The molecule has 1 fully saturated rings. The molecule has 0 saturated carbocycles. The van der Waals surface area contributed by atoms with E-state index in [1.54, 1.807) is 0 Å². The van der Waals surface area contributed by atoms with Crippen molar-refractivity contribution in [1.82, 2.24) is 0 Å². The Morgan fingerprint density at radius 1 is 1.24 bits per heavy atom. The van der Waals surface area contributed by atoms with Crippen molar-refractivity contribution in [3.63, 3.8) is 0 Å². The van der Waals surface area contributed by atoms with Crippen LogP contribution < -0.4 is 4.74 Å². The summed E-state index contributed by atoms with van der Waals surface area (Å²) in [5, 5.41) is 47.7. The minimum Gasteiger partial charge on any atom is -0.504 e. The number of esters is 1. The second kappa shape index (κ2) is 8.28. The summed E-state index contributed by atoms with van der Waals surface area (Å²) in [5.74, 6) is -0.704. The molecule has 1 heterocycles. The predicted octanol–water partition coefficient (Wildman–Crippen LogP) is -1.24. The van der Waals surface area contributed by atoms with E-state index in [9.17, 15) is 25.2 Å². The highest BCUT2D eigenvalue weighted by Gasteiger charge is 2.45. The lowest BCUT2D eigenvalue weighted by atomic mass is 9.99. The summed E-state index contributed by atoms with van der Waals surface area (Å²) in [6.45, 7) is -0.623. The van der Waals surface area contributed by atoms with E-state index in [0.717, 1.165) is 6.08 Å². The van der Waals surface area contributed by atoms with Crippen LogP contribution in [-0.4, -0.2) is 75.9 Å². The zero-order valence-electron chi connectivity index (χ0n) is 13.3. The van der Waals surface area contributed by atoms with Gasteiger partial charge in [-0.05, 0) is 23.8 Å². The molecule has 9 nitrogen and oxygen atoms in total. The van der Waals surface area contributed by atoms with Gasteiger partial charge in [-0.1, -0.05) is 6.07 Å². The molecule has 1 unspecified atom stereocenters. The summed E-state index contributed by atoms with van der Waals surface area (Å²) in [5.41, 5.74) is 0.542. The van der Waals surface area contributed by atoms with Gasteiger partial charge in [0.25, 0.3) is 0 Å². The first kappa shape index (κ1) is 19.2. The van der Waals surface area contributed by atoms with E-state index < -0.39 is 43.3 Å². The molecule has 138 valence electrons. The number of ether oxygens (including phenoxy) is 3. The number of aromatic hydroxyl groups is 1. The van der Waals surface area contributed by atoms with E-state index in [0.29, 0.717) is 5.56 Å². The molecule has 1 saturated heterocycles. The van der Waals surface area contributed by atoms with Crippen LogP contribution >= 0.6 is 0 Å². The van der Waals surface area contributed by atoms with E-state index in [1.807, 2.05) is 0 Å². The fourth-order valence-corrected chi connectivity index (χ4v) is 2.28. The van der Waals surface area contributed by atoms with Crippen molar-refractivity contribution in [2.24, 2.45) is 0 Å². The Morgan fingerprint density at radius 2 is 1.96 bits per heavy atom. The molecular formula is C16H20O9. The fraction of sp³-hybridized carbons (Fsp3) is 0.438. The Balaban J connectivity index is 2.01. The molecule has 5 atom stereocenters. The summed E-state index contributed by atoms with van der Waals surface area (Å²) in [6.07, 6.45) is -5.10. The van der Waals surface area contributed by atoms with E-state index in [2.05, 4.69) is 0 Å². The largest absolute Gasteiger partial charge is 0.504 e. The minimum absolute atomic E-state index is 0.0523. The molecule has 2 rings (SSSR count). The number of phenolic OH excluding ortho intramolecular Hbond substituents is 1. The summed E-state index contributed by atoms with van der Waals surface area (Å²) >= 11 is 0. The van der Waals surface area contributed by atoms with Crippen LogP contribution in [0.2, 0.25) is 0 Å². The van der Waals surface area contributed by atoms with Gasteiger partial charge in [-0.3, -0.25) is 0 Å². The number of aliphatic hydroxyl groups is 4. The summed E-state index contributed by atoms with van der Waals surface area (Å²) in [6, 6.07) is 4.42. The van der Waals surface area contributed by atoms with Crippen LogP contribution in [-0.2, 0) is 14.3 Å². The maximum atomic E-state index is 11.8. The third-order valence-electron chi connectivity index (χ3n) is 3.70. The quantitative estimate of drug-likeness (QED) is 0.323. The molecular weight excluding hydrogens is 336 g/mol. The van der Waals surface area contributed by atoms with E-state index >= 15 is 0 Å². The summed E-state index contributed by atoms with van der Waals surface area (Å²) < 4.78 is 14.9. The molecule has 25 heavy (non-hydrogen) atoms. The number of hydrogen-bond acceptors (Lipinski definition) is 9. The Morgan fingerprint density at radius 3 is 2.60 bits per heavy atom. The van der Waals surface area contributed by atoms with Gasteiger partial charge in [-0.25, -0.2) is 4.79 Å². The lowest BCUT2D eigenvalue weighted by Gasteiger charge is -2.38. The van der Waals surface area contributed by atoms with Crippen LogP contribution in [0.15, 0.2) is 24.3 Å². The van der Waals surface area contributed by atoms with Crippen LogP contribution in [0.5, 0.6) is 11.5 Å². The molecule has 0 spiro atoms. The average molecular weight is 356 g/mol. The van der Waals surface area contributed by atoms with Crippen molar-refractivity contribution in [3.05, 3.63) is 29.8 Å². The van der Waals surface area contributed by atoms with Crippen LogP contribution in [0.3, 0.4) is 0 Å². The van der Waals surface area contributed by atoms with Crippen LogP contribution in [0.25, 0.3) is 6.08 Å². The van der Waals surface area contributed by atoms with Crippen molar-refractivity contribution in [1.29, 1.82) is 0 Å². The monoisotopic (exact) mass is 356 g/mol. The molecule has 9 heteroatoms. The molecule has 1 aromatic rings. The van der Waals surface area contributed by atoms with Gasteiger partial charge in [0.1, 0.15) is 24.4 Å². The van der Waals surface area contributed by atoms with Gasteiger partial charge in [0.2, 0.25) is 6.29 Å². The second-order valence-electron chi connectivity index (χ2n) is 5.40. The zero-order valence-corrected chi connectivity index (χ0v) is 13.3. The average Bonchev–Trinajstić information content (AvgIpc) is 2.61. The van der Waals surface area contributed by atoms with Crippen LogP contribution in [0.1, 0.15) is 5.56 Å². The number of carbonyl (C=O) groups excluding carboxylic acids is 1. The summed E-state index contributed by atoms with van der Waals surface area (Å²) in [7, 11) is 1.38. The SMILES string of the molecule is COc1cc(C=CC(=O)OC2O[C@H](CO)[C@@H](O)[C@H](O)[C@H]2O)ccc1O. The van der Waals surface area contributed by atoms with Crippen molar-refractivity contribution in [2.75, 3.05) is 13.7 Å². The topological polar surface area (TPSA) is 146 Å². The normalized spacial score (nSPS) is 29.6. The first-order chi connectivity index (χ1) is 11.9. The maximum Gasteiger partial charge on any atom is 0.333 e. The molecule has 0 radical (unpaired) electrons. The Hall–Kier alpha value is -2.17. The fourth-order valence-electron chi connectivity index (χ4n) is 2.28. The predicted molar refractivity (Wildman–Crippen MR) is 83.6 cm³/mol. The van der Waals surface area contributed by atoms with Crippen molar-refractivity contribution < 1.29 is 44.5 Å². The lowest BCUT2D eigenvalue weighted by molar-refractivity contribution is -0.291. The highest BCUT2D eigenvalue weighted by Crippen LogP contribution is 2.27. The number of hydrogen-bond donors (Lipinski definition) is 5. The third-order valence-corrected chi connectivity index (χ3v) is 3.70.